The lowest BCUT2D eigenvalue weighted by Gasteiger charge is -2.27. The second kappa shape index (κ2) is 7.66. The van der Waals surface area contributed by atoms with E-state index in [9.17, 15) is 0 Å². The van der Waals surface area contributed by atoms with E-state index in [4.69, 9.17) is 4.74 Å². The first-order valence-electron chi connectivity index (χ1n) is 7.28. The quantitative estimate of drug-likeness (QED) is 0.745. The highest BCUT2D eigenvalue weighted by molar-refractivity contribution is 5.19. The van der Waals surface area contributed by atoms with Crippen molar-refractivity contribution in [2.24, 2.45) is 5.41 Å². The maximum absolute atomic E-state index is 5.60. The molecule has 0 fully saturated rings. The molecule has 1 aromatic carbocycles. The van der Waals surface area contributed by atoms with Gasteiger partial charge in [0.15, 0.2) is 0 Å². The van der Waals surface area contributed by atoms with Crippen LogP contribution < -0.4 is 5.32 Å². The van der Waals surface area contributed by atoms with E-state index in [0.29, 0.717) is 17.6 Å². The van der Waals surface area contributed by atoms with Crippen LogP contribution in [0.25, 0.3) is 0 Å². The van der Waals surface area contributed by atoms with Gasteiger partial charge in [-0.1, -0.05) is 51.1 Å². The summed E-state index contributed by atoms with van der Waals surface area (Å²) in [5.74, 6) is 0. The van der Waals surface area contributed by atoms with Gasteiger partial charge < -0.3 is 10.1 Å². The minimum Gasteiger partial charge on any atom is -0.377 e. The summed E-state index contributed by atoms with van der Waals surface area (Å²) in [5.41, 5.74) is 1.67. The molecule has 19 heavy (non-hydrogen) atoms. The lowest BCUT2D eigenvalue weighted by Crippen LogP contribution is -2.29. The number of rotatable bonds is 7. The van der Waals surface area contributed by atoms with E-state index in [2.05, 4.69) is 70.3 Å². The molecule has 2 nitrogen and oxygen atoms in total. The van der Waals surface area contributed by atoms with Crippen LogP contribution in [0.2, 0.25) is 0 Å². The van der Waals surface area contributed by atoms with Crippen LogP contribution in [-0.4, -0.2) is 19.3 Å². The number of nitrogens with one attached hydrogen (secondary N) is 1. The Hall–Kier alpha value is -0.860. The number of hydrogen-bond donors (Lipinski definition) is 1. The van der Waals surface area contributed by atoms with E-state index in [-0.39, 0.29) is 0 Å². The van der Waals surface area contributed by atoms with Gasteiger partial charge in [0.2, 0.25) is 0 Å². The Morgan fingerprint density at radius 1 is 1.11 bits per heavy atom. The Morgan fingerprint density at radius 2 is 1.74 bits per heavy atom. The van der Waals surface area contributed by atoms with Crippen molar-refractivity contribution in [3.63, 3.8) is 0 Å². The van der Waals surface area contributed by atoms with Gasteiger partial charge in [0.25, 0.3) is 0 Å². The molecule has 1 rings (SSSR count). The lowest BCUT2D eigenvalue weighted by molar-refractivity contribution is 0.0783. The van der Waals surface area contributed by atoms with Crippen molar-refractivity contribution >= 4 is 0 Å². The fourth-order valence-corrected chi connectivity index (χ4v) is 2.13. The molecule has 108 valence electrons. The number of benzene rings is 1. The van der Waals surface area contributed by atoms with Gasteiger partial charge in [-0.25, -0.2) is 0 Å². The first-order chi connectivity index (χ1) is 8.88. The summed E-state index contributed by atoms with van der Waals surface area (Å²) in [4.78, 5) is 0. The second-order valence-corrected chi connectivity index (χ2v) is 6.60. The molecule has 2 heteroatoms. The first kappa shape index (κ1) is 16.2. The minimum atomic E-state index is 0.305. The third kappa shape index (κ3) is 7.34. The van der Waals surface area contributed by atoms with Gasteiger partial charge in [-0.3, -0.25) is 0 Å². The third-order valence-electron chi connectivity index (χ3n) is 2.96. The van der Waals surface area contributed by atoms with Crippen LogP contribution in [0.4, 0.5) is 0 Å². The summed E-state index contributed by atoms with van der Waals surface area (Å²) in [5, 5.41) is 3.62. The standard InChI is InChI=1S/C17H29NO/c1-14(2)19-12-11-18-16(13-17(3,4)5)15-9-7-6-8-10-15/h6-10,14,16,18H,11-13H2,1-5H3. The zero-order valence-electron chi connectivity index (χ0n) is 13.1. The molecule has 0 saturated heterocycles. The van der Waals surface area contributed by atoms with Crippen molar-refractivity contribution in [2.45, 2.75) is 53.2 Å². The fraction of sp³-hybridized carbons (Fsp3) is 0.647. The van der Waals surface area contributed by atoms with Crippen LogP contribution in [0.1, 0.15) is 52.6 Å². The molecule has 0 saturated carbocycles. The maximum atomic E-state index is 5.60. The van der Waals surface area contributed by atoms with Crippen molar-refractivity contribution in [1.82, 2.24) is 5.32 Å². The lowest BCUT2D eigenvalue weighted by atomic mass is 9.85. The normalized spacial score (nSPS) is 13.8. The number of hydrogen-bond acceptors (Lipinski definition) is 2. The summed E-state index contributed by atoms with van der Waals surface area (Å²) < 4.78 is 5.60. The van der Waals surface area contributed by atoms with Crippen LogP contribution in [0.15, 0.2) is 30.3 Å². The van der Waals surface area contributed by atoms with Gasteiger partial charge in [0.1, 0.15) is 0 Å². The third-order valence-corrected chi connectivity index (χ3v) is 2.96. The second-order valence-electron chi connectivity index (χ2n) is 6.60. The summed E-state index contributed by atoms with van der Waals surface area (Å²) in [6.07, 6.45) is 1.43. The molecule has 0 spiro atoms. The summed E-state index contributed by atoms with van der Waals surface area (Å²) in [6.45, 7) is 12.7. The highest BCUT2D eigenvalue weighted by Gasteiger charge is 2.19. The molecule has 0 aliphatic carbocycles. The van der Waals surface area contributed by atoms with Gasteiger partial charge in [-0.2, -0.15) is 0 Å². The molecule has 1 unspecified atom stereocenters. The molecule has 0 aromatic heterocycles. The molecule has 1 aromatic rings. The average molecular weight is 263 g/mol. The van der Waals surface area contributed by atoms with E-state index in [1.165, 1.54) is 5.56 Å². The van der Waals surface area contributed by atoms with Crippen molar-refractivity contribution in [1.29, 1.82) is 0 Å². The van der Waals surface area contributed by atoms with E-state index in [1.54, 1.807) is 0 Å². The Morgan fingerprint density at radius 3 is 2.26 bits per heavy atom. The van der Waals surface area contributed by atoms with Gasteiger partial charge in [0.05, 0.1) is 12.7 Å². The molecule has 1 N–H and O–H groups in total. The Kier molecular flexibility index (Phi) is 6.53. The van der Waals surface area contributed by atoms with Crippen molar-refractivity contribution in [3.8, 4) is 0 Å². The molecule has 0 aliphatic heterocycles. The summed E-state index contributed by atoms with van der Waals surface area (Å²) in [7, 11) is 0. The topological polar surface area (TPSA) is 21.3 Å². The summed E-state index contributed by atoms with van der Waals surface area (Å²) in [6, 6.07) is 11.1. The number of ether oxygens (including phenoxy) is 1. The maximum Gasteiger partial charge on any atom is 0.0594 e. The van der Waals surface area contributed by atoms with Gasteiger partial charge in [-0.15, -0.1) is 0 Å². The zero-order valence-corrected chi connectivity index (χ0v) is 13.1. The predicted molar refractivity (Wildman–Crippen MR) is 82.3 cm³/mol. The molecule has 1 atom stereocenters. The fourth-order valence-electron chi connectivity index (χ4n) is 2.13. The van der Waals surface area contributed by atoms with Crippen LogP contribution >= 0.6 is 0 Å². The zero-order chi connectivity index (χ0) is 14.3. The molecule has 0 amide bonds. The molecule has 0 bridgehead atoms. The van der Waals surface area contributed by atoms with Gasteiger partial charge in [0, 0.05) is 12.6 Å². The SMILES string of the molecule is CC(C)OCCNC(CC(C)(C)C)c1ccccc1. The highest BCUT2D eigenvalue weighted by Crippen LogP contribution is 2.29. The van der Waals surface area contributed by atoms with Crippen LogP contribution in [0, 0.1) is 5.41 Å². The smallest absolute Gasteiger partial charge is 0.0594 e. The molecule has 0 heterocycles. The average Bonchev–Trinajstić information content (AvgIpc) is 2.32. The van der Waals surface area contributed by atoms with E-state index in [1.807, 2.05) is 0 Å². The Bertz CT molecular complexity index is 340. The predicted octanol–water partition coefficient (Wildman–Crippen LogP) is 4.18. The molecule has 0 aliphatic rings. The highest BCUT2D eigenvalue weighted by atomic mass is 16.5. The van der Waals surface area contributed by atoms with Crippen LogP contribution in [0.3, 0.4) is 0 Å². The summed E-state index contributed by atoms with van der Waals surface area (Å²) >= 11 is 0. The molecular formula is C17H29NO. The molecule has 0 radical (unpaired) electrons. The van der Waals surface area contributed by atoms with Gasteiger partial charge >= 0.3 is 0 Å². The largest absolute Gasteiger partial charge is 0.377 e. The Labute approximate surface area is 118 Å². The monoisotopic (exact) mass is 263 g/mol. The van der Waals surface area contributed by atoms with E-state index >= 15 is 0 Å². The van der Waals surface area contributed by atoms with E-state index < -0.39 is 0 Å². The van der Waals surface area contributed by atoms with Crippen molar-refractivity contribution < 1.29 is 4.74 Å². The molecular weight excluding hydrogens is 234 g/mol. The Balaban J connectivity index is 2.56. The van der Waals surface area contributed by atoms with Crippen molar-refractivity contribution in [2.75, 3.05) is 13.2 Å². The van der Waals surface area contributed by atoms with Crippen LogP contribution in [-0.2, 0) is 4.74 Å². The van der Waals surface area contributed by atoms with Crippen LogP contribution in [0.5, 0.6) is 0 Å². The van der Waals surface area contributed by atoms with Crippen molar-refractivity contribution in [3.05, 3.63) is 35.9 Å². The first-order valence-corrected chi connectivity index (χ1v) is 7.28. The van der Waals surface area contributed by atoms with Gasteiger partial charge in [-0.05, 0) is 31.2 Å². The minimum absolute atomic E-state index is 0.305. The van der Waals surface area contributed by atoms with E-state index in [0.717, 1.165) is 19.6 Å².